The van der Waals surface area contributed by atoms with E-state index < -0.39 is 0 Å². The predicted molar refractivity (Wildman–Crippen MR) is 46.3 cm³/mol. The standard InChI is InChI=1S/C8H12N4/c1-4-5-9-6-8-10-7(2)11-12(8)3/h1,9H,5-6H2,2-3H3. The number of nitrogens with zero attached hydrogens (tertiary/aromatic N) is 3. The van der Waals surface area contributed by atoms with E-state index in [1.807, 2.05) is 14.0 Å². The Bertz CT molecular complexity index is 294. The number of aromatic nitrogens is 3. The minimum Gasteiger partial charge on any atom is -0.299 e. The maximum atomic E-state index is 5.08. The number of rotatable bonds is 3. The van der Waals surface area contributed by atoms with Crippen LogP contribution in [0.15, 0.2) is 0 Å². The van der Waals surface area contributed by atoms with Gasteiger partial charge in [-0.2, -0.15) is 5.10 Å². The lowest BCUT2D eigenvalue weighted by Crippen LogP contribution is -2.16. The lowest BCUT2D eigenvalue weighted by Gasteiger charge is -1.98. The first-order chi connectivity index (χ1) is 5.74. The van der Waals surface area contributed by atoms with Gasteiger partial charge >= 0.3 is 0 Å². The molecule has 0 unspecified atom stereocenters. The van der Waals surface area contributed by atoms with Gasteiger partial charge in [-0.25, -0.2) is 4.98 Å². The fraction of sp³-hybridized carbons (Fsp3) is 0.500. The van der Waals surface area contributed by atoms with E-state index in [1.165, 1.54) is 0 Å². The third-order valence-corrected chi connectivity index (χ3v) is 1.47. The zero-order chi connectivity index (χ0) is 8.97. The topological polar surface area (TPSA) is 42.7 Å². The van der Waals surface area contributed by atoms with Crippen molar-refractivity contribution < 1.29 is 0 Å². The van der Waals surface area contributed by atoms with Crippen LogP contribution >= 0.6 is 0 Å². The molecule has 0 saturated carbocycles. The summed E-state index contributed by atoms with van der Waals surface area (Å²) < 4.78 is 1.75. The number of hydrogen-bond acceptors (Lipinski definition) is 3. The molecule has 0 bridgehead atoms. The number of hydrogen-bond donors (Lipinski definition) is 1. The van der Waals surface area contributed by atoms with Crippen LogP contribution < -0.4 is 5.32 Å². The first-order valence-electron chi connectivity index (χ1n) is 3.74. The molecule has 1 aromatic heterocycles. The predicted octanol–water partition coefficient (Wildman–Crippen LogP) is -0.154. The third-order valence-electron chi connectivity index (χ3n) is 1.47. The van der Waals surface area contributed by atoms with E-state index in [1.54, 1.807) is 4.68 Å². The average molecular weight is 164 g/mol. The molecule has 12 heavy (non-hydrogen) atoms. The maximum Gasteiger partial charge on any atom is 0.147 e. The van der Waals surface area contributed by atoms with Gasteiger partial charge in [-0.15, -0.1) is 6.42 Å². The van der Waals surface area contributed by atoms with Crippen molar-refractivity contribution in [3.63, 3.8) is 0 Å². The third kappa shape index (κ3) is 2.07. The van der Waals surface area contributed by atoms with Crippen molar-refractivity contribution in [3.05, 3.63) is 11.6 Å². The van der Waals surface area contributed by atoms with E-state index in [0.29, 0.717) is 13.1 Å². The van der Waals surface area contributed by atoms with E-state index in [9.17, 15) is 0 Å². The van der Waals surface area contributed by atoms with Gasteiger partial charge in [0.2, 0.25) is 0 Å². The van der Waals surface area contributed by atoms with Gasteiger partial charge in [0.15, 0.2) is 0 Å². The molecule has 4 heteroatoms. The highest BCUT2D eigenvalue weighted by atomic mass is 15.3. The molecule has 0 aliphatic heterocycles. The first kappa shape index (κ1) is 8.75. The smallest absolute Gasteiger partial charge is 0.147 e. The van der Waals surface area contributed by atoms with Gasteiger partial charge < -0.3 is 0 Å². The number of terminal acetylenes is 1. The van der Waals surface area contributed by atoms with Crippen LogP contribution in [0.3, 0.4) is 0 Å². The minimum absolute atomic E-state index is 0.561. The molecule has 1 rings (SSSR count). The van der Waals surface area contributed by atoms with Gasteiger partial charge in [0.05, 0.1) is 13.1 Å². The highest BCUT2D eigenvalue weighted by molar-refractivity contribution is 4.92. The van der Waals surface area contributed by atoms with Crippen LogP contribution in [-0.4, -0.2) is 21.3 Å². The molecule has 1 heterocycles. The van der Waals surface area contributed by atoms with E-state index in [0.717, 1.165) is 11.6 Å². The Morgan fingerprint density at radius 3 is 2.92 bits per heavy atom. The Balaban J connectivity index is 2.52. The highest BCUT2D eigenvalue weighted by Crippen LogP contribution is 1.93. The molecule has 0 amide bonds. The van der Waals surface area contributed by atoms with Crippen molar-refractivity contribution in [1.29, 1.82) is 0 Å². The van der Waals surface area contributed by atoms with Crippen LogP contribution in [-0.2, 0) is 13.6 Å². The Hall–Kier alpha value is -1.34. The summed E-state index contributed by atoms with van der Waals surface area (Å²) in [5.74, 6) is 4.19. The van der Waals surface area contributed by atoms with E-state index >= 15 is 0 Å². The molecule has 0 atom stereocenters. The van der Waals surface area contributed by atoms with Gasteiger partial charge in [-0.05, 0) is 6.92 Å². The lowest BCUT2D eigenvalue weighted by molar-refractivity contribution is 0.644. The molecular formula is C8H12N4. The second kappa shape index (κ2) is 3.88. The normalized spacial score (nSPS) is 9.75. The molecule has 0 spiro atoms. The SMILES string of the molecule is C#CCNCc1nc(C)nn1C. The Morgan fingerprint density at radius 1 is 1.67 bits per heavy atom. The molecule has 0 aromatic carbocycles. The van der Waals surface area contributed by atoms with Crippen molar-refractivity contribution in [2.75, 3.05) is 6.54 Å². The molecule has 0 saturated heterocycles. The summed E-state index contributed by atoms with van der Waals surface area (Å²) in [6.45, 7) is 3.10. The van der Waals surface area contributed by atoms with Crippen molar-refractivity contribution in [2.24, 2.45) is 7.05 Å². The van der Waals surface area contributed by atoms with E-state index in [2.05, 4.69) is 21.3 Å². The minimum atomic E-state index is 0.561. The van der Waals surface area contributed by atoms with Crippen molar-refractivity contribution >= 4 is 0 Å². The molecule has 64 valence electrons. The largest absolute Gasteiger partial charge is 0.299 e. The van der Waals surface area contributed by atoms with Crippen molar-refractivity contribution in [1.82, 2.24) is 20.1 Å². The summed E-state index contributed by atoms with van der Waals surface area (Å²) in [4.78, 5) is 4.20. The van der Waals surface area contributed by atoms with Gasteiger partial charge in [0, 0.05) is 7.05 Å². The lowest BCUT2D eigenvalue weighted by atomic mass is 10.5. The van der Waals surface area contributed by atoms with Crippen molar-refractivity contribution in [3.8, 4) is 12.3 Å². The summed E-state index contributed by atoms with van der Waals surface area (Å²) in [6.07, 6.45) is 5.08. The molecule has 0 aliphatic rings. The Kier molecular flexibility index (Phi) is 2.83. The van der Waals surface area contributed by atoms with Crippen LogP contribution in [0.1, 0.15) is 11.6 Å². The monoisotopic (exact) mass is 164 g/mol. The zero-order valence-electron chi connectivity index (χ0n) is 7.33. The molecule has 4 nitrogen and oxygen atoms in total. The fourth-order valence-corrected chi connectivity index (χ4v) is 0.957. The van der Waals surface area contributed by atoms with Gasteiger partial charge in [0.25, 0.3) is 0 Å². The summed E-state index contributed by atoms with van der Waals surface area (Å²) >= 11 is 0. The van der Waals surface area contributed by atoms with Gasteiger partial charge in [-0.1, -0.05) is 5.92 Å². The van der Waals surface area contributed by atoms with Crippen LogP contribution in [0.25, 0.3) is 0 Å². The molecule has 1 aromatic rings. The van der Waals surface area contributed by atoms with Crippen LogP contribution in [0, 0.1) is 19.3 Å². The molecule has 0 radical (unpaired) electrons. The average Bonchev–Trinajstić information content (AvgIpc) is 2.31. The first-order valence-corrected chi connectivity index (χ1v) is 3.74. The van der Waals surface area contributed by atoms with Crippen molar-refractivity contribution in [2.45, 2.75) is 13.5 Å². The Labute approximate surface area is 72.0 Å². The maximum absolute atomic E-state index is 5.08. The van der Waals surface area contributed by atoms with E-state index in [4.69, 9.17) is 6.42 Å². The van der Waals surface area contributed by atoms with Crippen LogP contribution in [0.5, 0.6) is 0 Å². The van der Waals surface area contributed by atoms with Crippen LogP contribution in [0.4, 0.5) is 0 Å². The quantitative estimate of drug-likeness (QED) is 0.499. The van der Waals surface area contributed by atoms with E-state index in [-0.39, 0.29) is 0 Å². The van der Waals surface area contributed by atoms with Gasteiger partial charge in [-0.3, -0.25) is 10.00 Å². The second-order valence-corrected chi connectivity index (χ2v) is 2.51. The summed E-state index contributed by atoms with van der Waals surface area (Å²) in [6, 6.07) is 0. The Morgan fingerprint density at radius 2 is 2.42 bits per heavy atom. The molecule has 1 N–H and O–H groups in total. The second-order valence-electron chi connectivity index (χ2n) is 2.51. The summed E-state index contributed by atoms with van der Waals surface area (Å²) in [5.41, 5.74) is 0. The molecule has 0 aliphatic carbocycles. The molecular weight excluding hydrogens is 152 g/mol. The number of aryl methyl sites for hydroxylation is 2. The zero-order valence-corrected chi connectivity index (χ0v) is 7.33. The van der Waals surface area contributed by atoms with Crippen LogP contribution in [0.2, 0.25) is 0 Å². The summed E-state index contributed by atoms with van der Waals surface area (Å²) in [7, 11) is 1.87. The van der Waals surface area contributed by atoms with Gasteiger partial charge in [0.1, 0.15) is 11.6 Å². The highest BCUT2D eigenvalue weighted by Gasteiger charge is 2.01. The fourth-order valence-electron chi connectivity index (χ4n) is 0.957. The number of nitrogens with one attached hydrogen (secondary N) is 1. The molecule has 0 fully saturated rings. The summed E-state index contributed by atoms with van der Waals surface area (Å²) in [5, 5.41) is 7.15.